The van der Waals surface area contributed by atoms with Crippen molar-refractivity contribution < 1.29 is 0 Å². The fourth-order valence-corrected chi connectivity index (χ4v) is 9.87. The van der Waals surface area contributed by atoms with Crippen molar-refractivity contribution in [2.75, 3.05) is 0 Å². The van der Waals surface area contributed by atoms with E-state index >= 15 is 0 Å². The van der Waals surface area contributed by atoms with Crippen molar-refractivity contribution in [2.24, 2.45) is 0 Å². The quantitative estimate of drug-likeness (QED) is 0.181. The summed E-state index contributed by atoms with van der Waals surface area (Å²) in [5.41, 5.74) is 17.0. The second-order valence-corrected chi connectivity index (χ2v) is 14.6. The second-order valence-electron chi connectivity index (χ2n) is 14.6. The van der Waals surface area contributed by atoms with Gasteiger partial charge < -0.3 is 0 Å². The van der Waals surface area contributed by atoms with E-state index in [0.29, 0.717) is 0 Å². The molecule has 1 aromatic heterocycles. The maximum absolute atomic E-state index is 5.10. The van der Waals surface area contributed by atoms with E-state index in [2.05, 4.69) is 199 Å². The zero-order chi connectivity index (χ0) is 35.4. The minimum atomic E-state index is -0.461. The van der Waals surface area contributed by atoms with E-state index in [1.807, 2.05) is 0 Å². The van der Waals surface area contributed by atoms with Crippen molar-refractivity contribution in [3.8, 4) is 50.5 Å². The summed E-state index contributed by atoms with van der Waals surface area (Å²) < 4.78 is 2.29. The predicted octanol–water partition coefficient (Wildman–Crippen LogP) is 13.0. The van der Waals surface area contributed by atoms with Crippen LogP contribution >= 0.6 is 0 Å². The molecule has 0 saturated carbocycles. The van der Waals surface area contributed by atoms with Crippen molar-refractivity contribution >= 4 is 32.6 Å². The van der Waals surface area contributed by atoms with Crippen LogP contribution < -0.4 is 0 Å². The molecule has 0 fully saturated rings. The Hall–Kier alpha value is -7.03. The average molecular weight is 685 g/mol. The number of hydrogen-bond donors (Lipinski definition) is 0. The molecule has 0 aliphatic heterocycles. The van der Waals surface area contributed by atoms with Gasteiger partial charge >= 0.3 is 0 Å². The zero-order valence-electron chi connectivity index (χ0n) is 29.4. The fraction of sp³-hybridized carbons (Fsp3) is 0.0192. The van der Waals surface area contributed by atoms with Gasteiger partial charge in [0, 0.05) is 11.3 Å². The third kappa shape index (κ3) is 3.81. The molecule has 2 nitrogen and oxygen atoms in total. The first-order valence-electron chi connectivity index (χ1n) is 18.7. The minimum absolute atomic E-state index is 0.461. The van der Waals surface area contributed by atoms with Crippen LogP contribution in [0.2, 0.25) is 0 Å². The summed E-state index contributed by atoms with van der Waals surface area (Å²) in [4.78, 5) is 5.10. The Balaban J connectivity index is 1.14. The van der Waals surface area contributed by atoms with Gasteiger partial charge in [0.2, 0.25) is 0 Å². The normalized spacial score (nSPS) is 13.3. The Morgan fingerprint density at radius 1 is 0.407 bits per heavy atom. The fourth-order valence-electron chi connectivity index (χ4n) is 9.87. The third-order valence-corrected chi connectivity index (χ3v) is 12.0. The van der Waals surface area contributed by atoms with E-state index < -0.39 is 5.41 Å². The lowest BCUT2D eigenvalue weighted by atomic mass is 9.69. The highest BCUT2D eigenvalue weighted by Gasteiger charge is 2.53. The van der Waals surface area contributed by atoms with Gasteiger partial charge in [-0.3, -0.25) is 4.57 Å². The molecule has 250 valence electrons. The highest BCUT2D eigenvalue weighted by atomic mass is 15.1. The van der Waals surface area contributed by atoms with Gasteiger partial charge in [0.15, 0.2) is 0 Å². The summed E-state index contributed by atoms with van der Waals surface area (Å²) in [6, 6.07) is 71.4. The molecule has 0 amide bonds. The molecule has 0 radical (unpaired) electrons. The standard InChI is InChI=1S/C52H32N2/c1-2-15-35(16-3-1)51-53-47-24-12-13-25-48(47)54(51)36-29-26-34(27-30-36)43-32-46-49(41-21-7-6-18-38(41)43)42-31-28-33-14-4-5-17-37(33)50(42)52(46)44-22-10-8-19-39(44)40-20-9-11-23-45(40)52/h1-32H. The van der Waals surface area contributed by atoms with Crippen LogP contribution in [-0.4, -0.2) is 9.55 Å². The summed E-state index contributed by atoms with van der Waals surface area (Å²) in [5, 5.41) is 5.14. The number of imidazole rings is 1. The maximum Gasteiger partial charge on any atom is 0.145 e. The van der Waals surface area contributed by atoms with Crippen LogP contribution in [0, 0.1) is 0 Å². The van der Waals surface area contributed by atoms with Crippen LogP contribution in [0.3, 0.4) is 0 Å². The zero-order valence-corrected chi connectivity index (χ0v) is 29.4. The lowest BCUT2D eigenvalue weighted by Gasteiger charge is -2.32. The van der Waals surface area contributed by atoms with Crippen LogP contribution in [0.1, 0.15) is 22.3 Å². The topological polar surface area (TPSA) is 17.8 Å². The van der Waals surface area contributed by atoms with Gasteiger partial charge in [0.25, 0.3) is 0 Å². The van der Waals surface area contributed by atoms with Crippen molar-refractivity contribution in [1.29, 1.82) is 0 Å². The summed E-state index contributed by atoms with van der Waals surface area (Å²) in [6.45, 7) is 0. The molecule has 0 unspecified atom stereocenters. The average Bonchev–Trinajstić information content (AvgIpc) is 3.88. The maximum atomic E-state index is 5.10. The number of aromatic nitrogens is 2. The van der Waals surface area contributed by atoms with Gasteiger partial charge in [0.1, 0.15) is 5.82 Å². The first-order valence-corrected chi connectivity index (χ1v) is 18.7. The lowest BCUT2D eigenvalue weighted by Crippen LogP contribution is -2.26. The molecule has 0 N–H and O–H groups in total. The number of benzene rings is 9. The Kier molecular flexibility index (Phi) is 6.01. The Labute approximate surface area is 313 Å². The van der Waals surface area contributed by atoms with Crippen molar-refractivity contribution in [1.82, 2.24) is 9.55 Å². The van der Waals surface area contributed by atoms with Crippen LogP contribution in [0.25, 0.3) is 83.0 Å². The molecule has 9 aromatic carbocycles. The minimum Gasteiger partial charge on any atom is -0.292 e. The van der Waals surface area contributed by atoms with E-state index in [4.69, 9.17) is 4.98 Å². The Morgan fingerprint density at radius 3 is 1.81 bits per heavy atom. The first kappa shape index (κ1) is 29.5. The van der Waals surface area contributed by atoms with Crippen molar-refractivity contribution in [3.05, 3.63) is 216 Å². The largest absolute Gasteiger partial charge is 0.292 e. The van der Waals surface area contributed by atoms with E-state index in [9.17, 15) is 0 Å². The predicted molar refractivity (Wildman–Crippen MR) is 223 cm³/mol. The molecule has 1 spiro atoms. The highest BCUT2D eigenvalue weighted by molar-refractivity contribution is 6.14. The number of hydrogen-bond acceptors (Lipinski definition) is 1. The van der Waals surface area contributed by atoms with E-state index in [-0.39, 0.29) is 0 Å². The summed E-state index contributed by atoms with van der Waals surface area (Å²) >= 11 is 0. The van der Waals surface area contributed by atoms with Gasteiger partial charge in [-0.15, -0.1) is 0 Å². The summed E-state index contributed by atoms with van der Waals surface area (Å²) in [5.74, 6) is 0.943. The second kappa shape index (κ2) is 11.0. The molecule has 0 bridgehead atoms. The molecule has 2 heteroatoms. The van der Waals surface area contributed by atoms with E-state index in [0.717, 1.165) is 28.1 Å². The summed E-state index contributed by atoms with van der Waals surface area (Å²) in [7, 11) is 0. The third-order valence-electron chi connectivity index (χ3n) is 12.0. The van der Waals surface area contributed by atoms with Crippen LogP contribution in [0.15, 0.2) is 194 Å². The number of fused-ring (bicyclic) bond motifs is 15. The van der Waals surface area contributed by atoms with E-state index in [1.54, 1.807) is 0 Å². The molecule has 0 atom stereocenters. The molecule has 0 saturated heterocycles. The number of para-hydroxylation sites is 2. The van der Waals surface area contributed by atoms with Gasteiger partial charge in [-0.1, -0.05) is 164 Å². The van der Waals surface area contributed by atoms with Crippen molar-refractivity contribution in [3.63, 3.8) is 0 Å². The lowest BCUT2D eigenvalue weighted by molar-refractivity contribution is 0.802. The smallest absolute Gasteiger partial charge is 0.145 e. The van der Waals surface area contributed by atoms with Gasteiger partial charge in [-0.2, -0.15) is 0 Å². The van der Waals surface area contributed by atoms with Gasteiger partial charge in [-0.05, 0) is 108 Å². The molecular weight excluding hydrogens is 653 g/mol. The molecule has 2 aliphatic carbocycles. The Bertz CT molecular complexity index is 3100. The highest BCUT2D eigenvalue weighted by Crippen LogP contribution is 2.65. The van der Waals surface area contributed by atoms with Crippen LogP contribution in [0.5, 0.6) is 0 Å². The SMILES string of the molecule is c1ccc(-c2nc3ccccc3n2-c2ccc(-c3cc4c(c5ccccc35)-c3ccc5ccccc5c3C43c4ccccc4-c4ccccc43)cc2)cc1. The number of nitrogens with zero attached hydrogens (tertiary/aromatic N) is 2. The molecule has 1 heterocycles. The molecule has 10 aromatic rings. The Morgan fingerprint density at radius 2 is 1.04 bits per heavy atom. The molecule has 54 heavy (non-hydrogen) atoms. The van der Waals surface area contributed by atoms with E-state index in [1.165, 1.54) is 77.2 Å². The van der Waals surface area contributed by atoms with Crippen LogP contribution in [-0.2, 0) is 5.41 Å². The summed E-state index contributed by atoms with van der Waals surface area (Å²) in [6.07, 6.45) is 0. The monoisotopic (exact) mass is 684 g/mol. The molecule has 12 rings (SSSR count). The van der Waals surface area contributed by atoms with Gasteiger partial charge in [0.05, 0.1) is 16.4 Å². The van der Waals surface area contributed by atoms with Crippen molar-refractivity contribution in [2.45, 2.75) is 5.41 Å². The van der Waals surface area contributed by atoms with Gasteiger partial charge in [-0.25, -0.2) is 4.98 Å². The molecular formula is C52H32N2. The number of rotatable bonds is 3. The molecule has 2 aliphatic rings. The van der Waals surface area contributed by atoms with Crippen LogP contribution in [0.4, 0.5) is 0 Å². The first-order chi connectivity index (χ1) is 26.8.